The van der Waals surface area contributed by atoms with E-state index in [0.29, 0.717) is 12.2 Å². The Morgan fingerprint density at radius 2 is 1.88 bits per heavy atom. The summed E-state index contributed by atoms with van der Waals surface area (Å²) in [5.41, 5.74) is 5.63. The van der Waals surface area contributed by atoms with E-state index in [0.717, 1.165) is 25.9 Å². The van der Waals surface area contributed by atoms with Crippen LogP contribution in [0.15, 0.2) is 0 Å². The Balaban J connectivity index is 2.41. The Labute approximate surface area is 106 Å². The lowest BCUT2D eigenvalue weighted by atomic mass is 10.1. The summed E-state index contributed by atoms with van der Waals surface area (Å²) in [4.78, 5) is 13.9. The van der Waals surface area contributed by atoms with Crippen molar-refractivity contribution in [2.75, 3.05) is 18.8 Å². The SMILES string of the molecule is CC(N)CCS(=O)C(C)C(=O)N1CCCCC1. The van der Waals surface area contributed by atoms with E-state index in [1.54, 1.807) is 6.92 Å². The highest BCUT2D eigenvalue weighted by molar-refractivity contribution is 7.86. The Morgan fingerprint density at radius 3 is 2.41 bits per heavy atom. The van der Waals surface area contributed by atoms with Crippen molar-refractivity contribution in [3.63, 3.8) is 0 Å². The molecule has 1 rings (SSSR count). The molecule has 1 aliphatic heterocycles. The molecule has 100 valence electrons. The third-order valence-corrected chi connectivity index (χ3v) is 4.81. The number of carbonyl (C=O) groups is 1. The Bertz CT molecular complexity index is 276. The zero-order chi connectivity index (χ0) is 12.8. The molecular formula is C12H24N2O2S. The summed E-state index contributed by atoms with van der Waals surface area (Å²) in [5, 5.41) is -0.383. The van der Waals surface area contributed by atoms with Crippen molar-refractivity contribution in [2.24, 2.45) is 5.73 Å². The Kier molecular flexibility index (Phi) is 6.12. The highest BCUT2D eigenvalue weighted by atomic mass is 32.2. The molecule has 0 aromatic carbocycles. The quantitative estimate of drug-likeness (QED) is 0.798. The smallest absolute Gasteiger partial charge is 0.238 e. The van der Waals surface area contributed by atoms with Gasteiger partial charge in [-0.25, -0.2) is 0 Å². The standard InChI is InChI=1S/C12H24N2O2S/c1-10(13)6-9-17(16)11(2)12(15)14-7-4-3-5-8-14/h10-11H,3-9,13H2,1-2H3. The predicted molar refractivity (Wildman–Crippen MR) is 71.2 cm³/mol. The third-order valence-electron chi connectivity index (χ3n) is 3.18. The monoisotopic (exact) mass is 260 g/mol. The van der Waals surface area contributed by atoms with E-state index in [1.807, 2.05) is 11.8 Å². The van der Waals surface area contributed by atoms with Crippen molar-refractivity contribution in [1.82, 2.24) is 4.90 Å². The number of amides is 1. The summed E-state index contributed by atoms with van der Waals surface area (Å²) in [6.45, 7) is 5.32. The fraction of sp³-hybridized carbons (Fsp3) is 0.917. The summed E-state index contributed by atoms with van der Waals surface area (Å²) in [6.07, 6.45) is 4.06. The van der Waals surface area contributed by atoms with Gasteiger partial charge in [-0.05, 0) is 39.5 Å². The van der Waals surface area contributed by atoms with Gasteiger partial charge in [0, 0.05) is 35.7 Å². The van der Waals surface area contributed by atoms with Gasteiger partial charge in [0.15, 0.2) is 0 Å². The second-order valence-corrected chi connectivity index (χ2v) is 6.76. The fourth-order valence-electron chi connectivity index (χ4n) is 1.96. The first-order chi connectivity index (χ1) is 8.02. The zero-order valence-corrected chi connectivity index (χ0v) is 11.7. The molecule has 3 unspecified atom stereocenters. The molecule has 17 heavy (non-hydrogen) atoms. The molecule has 0 aliphatic carbocycles. The van der Waals surface area contributed by atoms with Gasteiger partial charge in [-0.2, -0.15) is 0 Å². The molecule has 1 aliphatic rings. The Morgan fingerprint density at radius 1 is 1.29 bits per heavy atom. The minimum Gasteiger partial charge on any atom is -0.342 e. The van der Waals surface area contributed by atoms with Crippen LogP contribution in [0.3, 0.4) is 0 Å². The van der Waals surface area contributed by atoms with Crippen LogP contribution in [0.4, 0.5) is 0 Å². The van der Waals surface area contributed by atoms with Gasteiger partial charge in [0.05, 0.1) is 0 Å². The maximum atomic E-state index is 12.1. The molecule has 1 amide bonds. The molecule has 1 heterocycles. The first-order valence-corrected chi connectivity index (χ1v) is 7.82. The van der Waals surface area contributed by atoms with Crippen LogP contribution in [0.2, 0.25) is 0 Å². The van der Waals surface area contributed by atoms with Crippen LogP contribution in [0.5, 0.6) is 0 Å². The van der Waals surface area contributed by atoms with Crippen molar-refractivity contribution in [3.8, 4) is 0 Å². The summed E-state index contributed by atoms with van der Waals surface area (Å²) < 4.78 is 11.9. The van der Waals surface area contributed by atoms with Gasteiger partial charge < -0.3 is 10.6 Å². The molecule has 0 aromatic rings. The van der Waals surface area contributed by atoms with Gasteiger partial charge in [-0.15, -0.1) is 0 Å². The molecule has 3 atom stereocenters. The number of nitrogens with two attached hydrogens (primary N) is 1. The van der Waals surface area contributed by atoms with E-state index in [2.05, 4.69) is 0 Å². The van der Waals surface area contributed by atoms with Crippen LogP contribution in [0.25, 0.3) is 0 Å². The van der Waals surface area contributed by atoms with Crippen molar-refractivity contribution in [1.29, 1.82) is 0 Å². The Hall–Kier alpha value is -0.420. The van der Waals surface area contributed by atoms with Crippen LogP contribution in [0, 0.1) is 0 Å². The van der Waals surface area contributed by atoms with Gasteiger partial charge in [0.2, 0.25) is 5.91 Å². The molecule has 0 aromatic heterocycles. The summed E-state index contributed by atoms with van der Waals surface area (Å²) in [7, 11) is -1.09. The number of nitrogens with zero attached hydrogens (tertiary/aromatic N) is 1. The molecule has 5 heteroatoms. The average Bonchev–Trinajstić information content (AvgIpc) is 2.35. The highest BCUT2D eigenvalue weighted by Gasteiger charge is 2.26. The first kappa shape index (κ1) is 14.6. The van der Waals surface area contributed by atoms with E-state index in [-0.39, 0.29) is 17.2 Å². The first-order valence-electron chi connectivity index (χ1n) is 6.44. The molecule has 1 fully saturated rings. The van der Waals surface area contributed by atoms with Crippen LogP contribution >= 0.6 is 0 Å². The van der Waals surface area contributed by atoms with E-state index in [1.165, 1.54) is 6.42 Å². The van der Waals surface area contributed by atoms with E-state index in [9.17, 15) is 9.00 Å². The molecule has 0 saturated carbocycles. The number of hydrogen-bond donors (Lipinski definition) is 1. The van der Waals surface area contributed by atoms with E-state index < -0.39 is 10.8 Å². The van der Waals surface area contributed by atoms with E-state index in [4.69, 9.17) is 5.73 Å². The van der Waals surface area contributed by atoms with Crippen LogP contribution in [-0.2, 0) is 15.6 Å². The second-order valence-electron chi connectivity index (χ2n) is 4.88. The lowest BCUT2D eigenvalue weighted by Crippen LogP contribution is -2.43. The predicted octanol–water partition coefficient (Wildman–Crippen LogP) is 0.873. The van der Waals surface area contributed by atoms with E-state index >= 15 is 0 Å². The van der Waals surface area contributed by atoms with Gasteiger partial charge in [-0.1, -0.05) is 0 Å². The molecule has 2 N–H and O–H groups in total. The minimum atomic E-state index is -1.09. The maximum Gasteiger partial charge on any atom is 0.238 e. The van der Waals surface area contributed by atoms with Gasteiger partial charge in [0.1, 0.15) is 5.25 Å². The summed E-state index contributed by atoms with van der Waals surface area (Å²) >= 11 is 0. The number of piperidine rings is 1. The number of rotatable bonds is 5. The topological polar surface area (TPSA) is 63.4 Å². The molecule has 0 spiro atoms. The van der Waals surface area contributed by atoms with Crippen LogP contribution in [0.1, 0.15) is 39.5 Å². The highest BCUT2D eigenvalue weighted by Crippen LogP contribution is 2.12. The molecule has 0 bridgehead atoms. The minimum absolute atomic E-state index is 0.0488. The lowest BCUT2D eigenvalue weighted by molar-refractivity contribution is -0.131. The van der Waals surface area contributed by atoms with Crippen molar-refractivity contribution < 1.29 is 9.00 Å². The molecule has 4 nitrogen and oxygen atoms in total. The molecule has 1 saturated heterocycles. The second kappa shape index (κ2) is 7.11. The van der Waals surface area contributed by atoms with Crippen LogP contribution < -0.4 is 5.73 Å². The van der Waals surface area contributed by atoms with Crippen LogP contribution in [-0.4, -0.2) is 45.2 Å². The fourth-order valence-corrected chi connectivity index (χ4v) is 3.29. The van der Waals surface area contributed by atoms with Crippen molar-refractivity contribution in [2.45, 2.75) is 50.8 Å². The number of hydrogen-bond acceptors (Lipinski definition) is 3. The summed E-state index contributed by atoms with van der Waals surface area (Å²) in [5.74, 6) is 0.575. The van der Waals surface area contributed by atoms with Gasteiger partial charge in [-0.3, -0.25) is 9.00 Å². The normalized spacial score (nSPS) is 21.9. The van der Waals surface area contributed by atoms with Crippen molar-refractivity contribution >= 4 is 16.7 Å². The number of likely N-dealkylation sites (tertiary alicyclic amines) is 1. The number of carbonyl (C=O) groups excluding carboxylic acids is 1. The summed E-state index contributed by atoms with van der Waals surface area (Å²) in [6, 6.07) is 0.0521. The third kappa shape index (κ3) is 4.76. The van der Waals surface area contributed by atoms with Gasteiger partial charge in [0.25, 0.3) is 0 Å². The maximum absolute atomic E-state index is 12.1. The largest absolute Gasteiger partial charge is 0.342 e. The average molecular weight is 260 g/mol. The molecule has 0 radical (unpaired) electrons. The van der Waals surface area contributed by atoms with Gasteiger partial charge >= 0.3 is 0 Å². The molecular weight excluding hydrogens is 236 g/mol. The lowest BCUT2D eigenvalue weighted by Gasteiger charge is -2.29. The zero-order valence-electron chi connectivity index (χ0n) is 10.9. The van der Waals surface area contributed by atoms with Crippen molar-refractivity contribution in [3.05, 3.63) is 0 Å².